The highest BCUT2D eigenvalue weighted by Gasteiger charge is 2.44. The zero-order valence-electron chi connectivity index (χ0n) is 14.3. The molecule has 0 amide bonds. The molecule has 1 fully saturated rings. The maximum absolute atomic E-state index is 12.8. The van der Waals surface area contributed by atoms with E-state index in [1.54, 1.807) is 11.3 Å². The van der Waals surface area contributed by atoms with Crippen LogP contribution in [0.1, 0.15) is 58.9 Å². The minimum atomic E-state index is -0.375. The molecule has 1 aromatic rings. The lowest BCUT2D eigenvalue weighted by Gasteiger charge is -2.31. The second-order valence-electron chi connectivity index (χ2n) is 6.86. The van der Waals surface area contributed by atoms with Gasteiger partial charge in [0, 0.05) is 18.6 Å². The van der Waals surface area contributed by atoms with Crippen molar-refractivity contribution in [3.05, 3.63) is 22.4 Å². The summed E-state index contributed by atoms with van der Waals surface area (Å²) < 4.78 is 5.71. The van der Waals surface area contributed by atoms with Gasteiger partial charge >= 0.3 is 5.97 Å². The van der Waals surface area contributed by atoms with E-state index in [1.165, 1.54) is 0 Å². The molecule has 0 N–H and O–H groups in total. The zero-order chi connectivity index (χ0) is 16.2. The molecule has 2 rings (SSSR count). The maximum atomic E-state index is 12.8. The lowest BCUT2D eigenvalue weighted by Crippen LogP contribution is -2.41. The standard InChI is InChI=1S/C18H29NO2S/c1-14(2)19(15(3)4)10-11-21-17(20)18(8-5-6-9-18)16-7-12-22-13-16/h7,12-15H,5-6,8-11H2,1-4H3. The Morgan fingerprint density at radius 3 is 2.41 bits per heavy atom. The molecule has 1 aliphatic carbocycles. The van der Waals surface area contributed by atoms with Crippen molar-refractivity contribution in [3.8, 4) is 0 Å². The first-order valence-electron chi connectivity index (χ1n) is 8.43. The molecule has 0 radical (unpaired) electrons. The van der Waals surface area contributed by atoms with Crippen LogP contribution in [0.3, 0.4) is 0 Å². The van der Waals surface area contributed by atoms with Crippen LogP contribution in [0.2, 0.25) is 0 Å². The predicted molar refractivity (Wildman–Crippen MR) is 92.4 cm³/mol. The molecular formula is C18H29NO2S. The van der Waals surface area contributed by atoms with Crippen LogP contribution in [0.25, 0.3) is 0 Å². The third kappa shape index (κ3) is 3.72. The third-order valence-electron chi connectivity index (χ3n) is 4.83. The fraction of sp³-hybridized carbons (Fsp3) is 0.722. The first-order chi connectivity index (χ1) is 10.5. The summed E-state index contributed by atoms with van der Waals surface area (Å²) in [4.78, 5) is 15.1. The van der Waals surface area contributed by atoms with Gasteiger partial charge in [-0.2, -0.15) is 11.3 Å². The highest BCUT2D eigenvalue weighted by molar-refractivity contribution is 7.08. The van der Waals surface area contributed by atoms with E-state index in [0.29, 0.717) is 18.7 Å². The van der Waals surface area contributed by atoms with E-state index in [2.05, 4.69) is 49.4 Å². The molecule has 1 heterocycles. The second kappa shape index (κ2) is 7.60. The Morgan fingerprint density at radius 2 is 1.91 bits per heavy atom. The summed E-state index contributed by atoms with van der Waals surface area (Å²) in [5.41, 5.74) is 0.783. The number of esters is 1. The average molecular weight is 324 g/mol. The molecule has 0 bridgehead atoms. The Morgan fingerprint density at radius 1 is 1.27 bits per heavy atom. The first-order valence-corrected chi connectivity index (χ1v) is 9.37. The van der Waals surface area contributed by atoms with Crippen LogP contribution < -0.4 is 0 Å². The highest BCUT2D eigenvalue weighted by atomic mass is 32.1. The molecule has 0 atom stereocenters. The lowest BCUT2D eigenvalue weighted by molar-refractivity contribution is -0.151. The van der Waals surface area contributed by atoms with Gasteiger partial charge < -0.3 is 4.74 Å². The van der Waals surface area contributed by atoms with E-state index in [9.17, 15) is 4.79 Å². The quantitative estimate of drug-likeness (QED) is 0.704. The molecular weight excluding hydrogens is 294 g/mol. The zero-order valence-corrected chi connectivity index (χ0v) is 15.1. The molecule has 1 saturated carbocycles. The summed E-state index contributed by atoms with van der Waals surface area (Å²) in [6.45, 7) is 10.0. The van der Waals surface area contributed by atoms with Gasteiger partial charge in [-0.1, -0.05) is 12.8 Å². The van der Waals surface area contributed by atoms with Gasteiger partial charge in [0.25, 0.3) is 0 Å². The van der Waals surface area contributed by atoms with Crippen LogP contribution in [-0.2, 0) is 14.9 Å². The van der Waals surface area contributed by atoms with Crippen molar-refractivity contribution in [1.82, 2.24) is 4.90 Å². The number of hydrogen-bond acceptors (Lipinski definition) is 4. The number of carbonyl (C=O) groups excluding carboxylic acids is 1. The van der Waals surface area contributed by atoms with Crippen molar-refractivity contribution in [3.63, 3.8) is 0 Å². The van der Waals surface area contributed by atoms with Crippen LogP contribution in [0, 0.1) is 0 Å². The van der Waals surface area contributed by atoms with E-state index in [4.69, 9.17) is 4.74 Å². The molecule has 0 unspecified atom stereocenters. The largest absolute Gasteiger partial charge is 0.464 e. The molecule has 0 spiro atoms. The first kappa shape index (κ1) is 17.5. The topological polar surface area (TPSA) is 29.5 Å². The molecule has 4 heteroatoms. The number of ether oxygens (including phenoxy) is 1. The molecule has 124 valence electrons. The van der Waals surface area contributed by atoms with Gasteiger partial charge in [-0.3, -0.25) is 9.69 Å². The highest BCUT2D eigenvalue weighted by Crippen LogP contribution is 2.42. The van der Waals surface area contributed by atoms with Crippen LogP contribution >= 0.6 is 11.3 Å². The summed E-state index contributed by atoms with van der Waals surface area (Å²) in [6, 6.07) is 3.03. The van der Waals surface area contributed by atoms with Crippen molar-refractivity contribution in [1.29, 1.82) is 0 Å². The summed E-state index contributed by atoms with van der Waals surface area (Å²) >= 11 is 1.66. The Hall–Kier alpha value is -0.870. The van der Waals surface area contributed by atoms with E-state index < -0.39 is 0 Å². The summed E-state index contributed by atoms with van der Waals surface area (Å²) in [7, 11) is 0. The van der Waals surface area contributed by atoms with Crippen LogP contribution in [0.4, 0.5) is 0 Å². The van der Waals surface area contributed by atoms with Crippen molar-refractivity contribution in [2.75, 3.05) is 13.2 Å². The van der Waals surface area contributed by atoms with Gasteiger partial charge in [-0.05, 0) is 62.9 Å². The van der Waals surface area contributed by atoms with Crippen molar-refractivity contribution in [2.45, 2.75) is 70.9 Å². The summed E-state index contributed by atoms with van der Waals surface area (Å²) in [5, 5.41) is 4.17. The SMILES string of the molecule is CC(C)N(CCOC(=O)C1(c2ccsc2)CCCC1)C(C)C. The number of nitrogens with zero attached hydrogens (tertiary/aromatic N) is 1. The minimum absolute atomic E-state index is 0.0177. The van der Waals surface area contributed by atoms with E-state index in [0.717, 1.165) is 37.8 Å². The average Bonchev–Trinajstić information content (AvgIpc) is 3.12. The number of hydrogen-bond donors (Lipinski definition) is 0. The maximum Gasteiger partial charge on any atom is 0.316 e. The smallest absolute Gasteiger partial charge is 0.316 e. The Bertz CT molecular complexity index is 453. The normalized spacial score (nSPS) is 17.6. The Kier molecular flexibility index (Phi) is 6.04. The monoisotopic (exact) mass is 323 g/mol. The minimum Gasteiger partial charge on any atom is -0.464 e. The van der Waals surface area contributed by atoms with E-state index in [1.807, 2.05) is 0 Å². The molecule has 1 aromatic heterocycles. The fourth-order valence-corrected chi connectivity index (χ4v) is 4.38. The van der Waals surface area contributed by atoms with Gasteiger partial charge in [0.05, 0.1) is 5.41 Å². The number of carbonyl (C=O) groups is 1. The molecule has 1 aliphatic rings. The van der Waals surface area contributed by atoms with Gasteiger partial charge in [-0.15, -0.1) is 0 Å². The summed E-state index contributed by atoms with van der Waals surface area (Å²) in [6.07, 6.45) is 4.10. The van der Waals surface area contributed by atoms with Crippen LogP contribution in [0.15, 0.2) is 16.8 Å². The lowest BCUT2D eigenvalue weighted by atomic mass is 9.80. The molecule has 0 aromatic carbocycles. The van der Waals surface area contributed by atoms with Gasteiger partial charge in [-0.25, -0.2) is 0 Å². The summed E-state index contributed by atoms with van der Waals surface area (Å²) in [5.74, 6) is -0.0177. The van der Waals surface area contributed by atoms with E-state index >= 15 is 0 Å². The molecule has 0 saturated heterocycles. The van der Waals surface area contributed by atoms with Gasteiger partial charge in [0.15, 0.2) is 0 Å². The predicted octanol–water partition coefficient (Wildman–Crippen LogP) is 4.22. The van der Waals surface area contributed by atoms with Crippen molar-refractivity contribution < 1.29 is 9.53 Å². The molecule has 3 nitrogen and oxygen atoms in total. The van der Waals surface area contributed by atoms with Crippen LogP contribution in [0.5, 0.6) is 0 Å². The fourth-order valence-electron chi connectivity index (χ4n) is 3.62. The molecule has 22 heavy (non-hydrogen) atoms. The molecule has 0 aliphatic heterocycles. The van der Waals surface area contributed by atoms with E-state index in [-0.39, 0.29) is 11.4 Å². The number of thiophene rings is 1. The van der Waals surface area contributed by atoms with Gasteiger partial charge in [0.2, 0.25) is 0 Å². The Balaban J connectivity index is 1.96. The second-order valence-corrected chi connectivity index (χ2v) is 7.64. The Labute approximate surface area is 138 Å². The van der Waals surface area contributed by atoms with Gasteiger partial charge in [0.1, 0.15) is 6.61 Å². The van der Waals surface area contributed by atoms with Crippen molar-refractivity contribution >= 4 is 17.3 Å². The third-order valence-corrected chi connectivity index (χ3v) is 5.51. The van der Waals surface area contributed by atoms with Crippen LogP contribution in [-0.4, -0.2) is 36.1 Å². The van der Waals surface area contributed by atoms with Crippen molar-refractivity contribution in [2.24, 2.45) is 0 Å². The number of rotatable bonds is 7.